The van der Waals surface area contributed by atoms with E-state index in [1.54, 1.807) is 13.0 Å². The molecule has 0 aliphatic heterocycles. The molecule has 1 N–H and O–H groups in total. The quantitative estimate of drug-likeness (QED) is 0.629. The molecule has 1 rings (SSSR count). The number of carbonyl (C=O) groups is 1. The van der Waals surface area contributed by atoms with E-state index < -0.39 is 0 Å². The lowest BCUT2D eigenvalue weighted by molar-refractivity contribution is -0.137. The number of aromatic hydroxyl groups is 1. The molecule has 0 spiro atoms. The molecule has 0 aliphatic carbocycles. The van der Waals surface area contributed by atoms with E-state index in [4.69, 9.17) is 4.74 Å². The van der Waals surface area contributed by atoms with E-state index in [-0.39, 0.29) is 5.97 Å². The summed E-state index contributed by atoms with van der Waals surface area (Å²) in [6.07, 6.45) is 3.06. The van der Waals surface area contributed by atoms with Gasteiger partial charge < -0.3 is 9.84 Å². The van der Waals surface area contributed by atoms with Gasteiger partial charge in [-0.05, 0) is 55.7 Å². The van der Waals surface area contributed by atoms with Gasteiger partial charge in [-0.15, -0.1) is 0 Å². The summed E-state index contributed by atoms with van der Waals surface area (Å²) < 4.78 is 4.77. The minimum absolute atomic E-state index is 0.299. The summed E-state index contributed by atoms with van der Waals surface area (Å²) in [6, 6.07) is 3.64. The smallest absolute Gasteiger partial charge is 0.330 e. The first-order valence-corrected chi connectivity index (χ1v) is 5.19. The molecule has 0 fully saturated rings. The third-order valence-corrected chi connectivity index (χ3v) is 2.21. The van der Waals surface area contributed by atoms with Crippen molar-refractivity contribution in [2.75, 3.05) is 6.61 Å². The second-order valence-corrected chi connectivity index (χ2v) is 3.59. The number of aryl methyl sites for hydroxylation is 2. The summed E-state index contributed by atoms with van der Waals surface area (Å²) in [5.74, 6) is -0.0563. The van der Waals surface area contributed by atoms with Gasteiger partial charge >= 0.3 is 5.97 Å². The molecule has 1 aromatic carbocycles. The lowest BCUT2D eigenvalue weighted by atomic mass is 10.1. The molecule has 1 aromatic rings. The molecule has 0 aromatic heterocycles. The number of hydrogen-bond donors (Lipinski definition) is 1. The Bertz CT molecular complexity index is 396. The normalized spacial score (nSPS) is 10.7. The van der Waals surface area contributed by atoms with Crippen LogP contribution in [0.15, 0.2) is 18.2 Å². The molecule has 0 saturated heterocycles. The maximum Gasteiger partial charge on any atom is 0.330 e. The van der Waals surface area contributed by atoms with Crippen molar-refractivity contribution in [3.8, 4) is 5.75 Å². The Balaban J connectivity index is 2.86. The van der Waals surface area contributed by atoms with E-state index in [9.17, 15) is 9.90 Å². The van der Waals surface area contributed by atoms with Crippen LogP contribution in [0.25, 0.3) is 6.08 Å². The Kier molecular flexibility index (Phi) is 4.11. The fraction of sp³-hybridized carbons (Fsp3) is 0.308. The van der Waals surface area contributed by atoms with Crippen LogP contribution in [0.5, 0.6) is 5.75 Å². The zero-order chi connectivity index (χ0) is 12.1. The van der Waals surface area contributed by atoms with E-state index in [0.29, 0.717) is 12.4 Å². The van der Waals surface area contributed by atoms with Crippen LogP contribution in [0.2, 0.25) is 0 Å². The van der Waals surface area contributed by atoms with Gasteiger partial charge in [0.05, 0.1) is 6.61 Å². The molecule has 0 bridgehead atoms. The molecule has 16 heavy (non-hydrogen) atoms. The predicted octanol–water partition coefficient (Wildman–Crippen LogP) is 2.59. The summed E-state index contributed by atoms with van der Waals surface area (Å²) in [6.45, 7) is 5.78. The Morgan fingerprint density at radius 2 is 1.94 bits per heavy atom. The van der Waals surface area contributed by atoms with Crippen LogP contribution >= 0.6 is 0 Å². The minimum Gasteiger partial charge on any atom is -0.507 e. The molecular formula is C13H16O3. The van der Waals surface area contributed by atoms with Crippen molar-refractivity contribution in [3.63, 3.8) is 0 Å². The monoisotopic (exact) mass is 220 g/mol. The summed E-state index contributed by atoms with van der Waals surface area (Å²) in [7, 11) is 0. The molecule has 86 valence electrons. The molecule has 0 atom stereocenters. The first-order chi connectivity index (χ1) is 7.54. The van der Waals surface area contributed by atoms with Crippen LogP contribution in [0.4, 0.5) is 0 Å². The maximum absolute atomic E-state index is 11.1. The molecule has 0 radical (unpaired) electrons. The largest absolute Gasteiger partial charge is 0.507 e. The fourth-order valence-electron chi connectivity index (χ4n) is 1.44. The SMILES string of the molecule is CCOC(=O)/C=C/c1cc(C)c(O)c(C)c1. The molecule has 3 heteroatoms. The van der Waals surface area contributed by atoms with Gasteiger partial charge in [-0.1, -0.05) is 0 Å². The number of phenols is 1. The van der Waals surface area contributed by atoms with Crippen LogP contribution in [0, 0.1) is 13.8 Å². The standard InChI is InChI=1S/C13H16O3/c1-4-16-12(14)6-5-11-7-9(2)13(15)10(3)8-11/h5-8,15H,4H2,1-3H3/b6-5+. The van der Waals surface area contributed by atoms with Crippen molar-refractivity contribution in [2.45, 2.75) is 20.8 Å². The Hall–Kier alpha value is -1.77. The average Bonchev–Trinajstić information content (AvgIpc) is 2.23. The number of esters is 1. The van der Waals surface area contributed by atoms with Crippen LogP contribution in [-0.2, 0) is 9.53 Å². The Morgan fingerprint density at radius 3 is 2.44 bits per heavy atom. The van der Waals surface area contributed by atoms with E-state index in [2.05, 4.69) is 0 Å². The lowest BCUT2D eigenvalue weighted by Gasteiger charge is -2.04. The number of ether oxygens (including phenoxy) is 1. The number of phenolic OH excluding ortho intramolecular Hbond substituents is 1. The number of rotatable bonds is 3. The molecule has 0 heterocycles. The van der Waals surface area contributed by atoms with Gasteiger partial charge in [-0.3, -0.25) is 0 Å². The van der Waals surface area contributed by atoms with Crippen LogP contribution in [0.1, 0.15) is 23.6 Å². The predicted molar refractivity (Wildman–Crippen MR) is 63.2 cm³/mol. The highest BCUT2D eigenvalue weighted by Crippen LogP contribution is 2.23. The van der Waals surface area contributed by atoms with Crippen molar-refractivity contribution < 1.29 is 14.6 Å². The number of benzene rings is 1. The lowest BCUT2D eigenvalue weighted by Crippen LogP contribution is -1.98. The van der Waals surface area contributed by atoms with E-state index in [1.165, 1.54) is 6.08 Å². The number of carbonyl (C=O) groups excluding carboxylic acids is 1. The molecular weight excluding hydrogens is 204 g/mol. The highest BCUT2D eigenvalue weighted by molar-refractivity contribution is 5.87. The minimum atomic E-state index is -0.356. The zero-order valence-corrected chi connectivity index (χ0v) is 9.78. The molecule has 0 amide bonds. The van der Waals surface area contributed by atoms with Gasteiger partial charge in [-0.2, -0.15) is 0 Å². The van der Waals surface area contributed by atoms with Gasteiger partial charge in [0.25, 0.3) is 0 Å². The maximum atomic E-state index is 11.1. The molecule has 0 saturated carbocycles. The molecule has 0 aliphatic rings. The van der Waals surface area contributed by atoms with Gasteiger partial charge in [0.15, 0.2) is 0 Å². The van der Waals surface area contributed by atoms with Crippen molar-refractivity contribution >= 4 is 12.0 Å². The average molecular weight is 220 g/mol. The topological polar surface area (TPSA) is 46.5 Å². The van der Waals surface area contributed by atoms with Crippen LogP contribution in [-0.4, -0.2) is 17.7 Å². The van der Waals surface area contributed by atoms with E-state index >= 15 is 0 Å². The number of hydrogen-bond acceptors (Lipinski definition) is 3. The Morgan fingerprint density at radius 1 is 1.38 bits per heavy atom. The van der Waals surface area contributed by atoms with Gasteiger partial charge in [0.2, 0.25) is 0 Å². The van der Waals surface area contributed by atoms with Gasteiger partial charge in [-0.25, -0.2) is 4.79 Å². The Labute approximate surface area is 95.4 Å². The first kappa shape index (κ1) is 12.3. The van der Waals surface area contributed by atoms with E-state index in [0.717, 1.165) is 16.7 Å². The first-order valence-electron chi connectivity index (χ1n) is 5.19. The van der Waals surface area contributed by atoms with Gasteiger partial charge in [0.1, 0.15) is 5.75 Å². The van der Waals surface area contributed by atoms with Crippen LogP contribution < -0.4 is 0 Å². The highest BCUT2D eigenvalue weighted by atomic mass is 16.5. The second kappa shape index (κ2) is 5.35. The van der Waals surface area contributed by atoms with E-state index in [1.807, 2.05) is 26.0 Å². The third-order valence-electron chi connectivity index (χ3n) is 2.21. The van der Waals surface area contributed by atoms with Crippen molar-refractivity contribution in [2.24, 2.45) is 0 Å². The summed E-state index contributed by atoms with van der Waals surface area (Å²) >= 11 is 0. The zero-order valence-electron chi connectivity index (χ0n) is 9.78. The highest BCUT2D eigenvalue weighted by Gasteiger charge is 2.01. The van der Waals surface area contributed by atoms with Crippen molar-refractivity contribution in [1.82, 2.24) is 0 Å². The van der Waals surface area contributed by atoms with Crippen molar-refractivity contribution in [1.29, 1.82) is 0 Å². The van der Waals surface area contributed by atoms with Crippen LogP contribution in [0.3, 0.4) is 0 Å². The summed E-state index contributed by atoms with van der Waals surface area (Å²) in [4.78, 5) is 11.1. The molecule has 0 unspecified atom stereocenters. The third kappa shape index (κ3) is 3.12. The summed E-state index contributed by atoms with van der Waals surface area (Å²) in [5, 5.41) is 9.58. The summed E-state index contributed by atoms with van der Waals surface area (Å²) in [5.41, 5.74) is 2.47. The van der Waals surface area contributed by atoms with Gasteiger partial charge in [0, 0.05) is 6.08 Å². The second-order valence-electron chi connectivity index (χ2n) is 3.59. The molecule has 3 nitrogen and oxygen atoms in total. The van der Waals surface area contributed by atoms with Crippen molar-refractivity contribution in [3.05, 3.63) is 34.9 Å². The fourth-order valence-corrected chi connectivity index (χ4v) is 1.44.